The average molecular weight is 135 g/mol. The van der Waals surface area contributed by atoms with Gasteiger partial charge < -0.3 is 22.3 Å². The van der Waals surface area contributed by atoms with Crippen molar-refractivity contribution >= 4 is 6.09 Å². The van der Waals surface area contributed by atoms with Gasteiger partial charge in [-0.15, -0.1) is 0 Å². The van der Waals surface area contributed by atoms with Crippen molar-refractivity contribution in [1.82, 2.24) is 0 Å². The van der Waals surface area contributed by atoms with E-state index in [-0.39, 0.29) is 6.04 Å². The van der Waals surface area contributed by atoms with Crippen molar-refractivity contribution in [3.8, 4) is 0 Å². The first-order chi connectivity index (χ1) is 4.00. The molecule has 5 nitrogen and oxygen atoms in total. The van der Waals surface area contributed by atoms with Crippen molar-refractivity contribution in [1.29, 1.82) is 0 Å². The molecule has 1 amide bonds. The van der Waals surface area contributed by atoms with Crippen LogP contribution in [0.5, 0.6) is 0 Å². The molecule has 5 heteroatoms. The highest BCUT2D eigenvalue weighted by atomic mass is 16.4. The lowest BCUT2D eigenvalue weighted by Gasteiger charge is -1.92. The molecule has 0 fully saturated rings. The van der Waals surface area contributed by atoms with Crippen LogP contribution in [0.1, 0.15) is 6.92 Å². The highest BCUT2D eigenvalue weighted by Crippen LogP contribution is 1.59. The maximum absolute atomic E-state index is 8.78. The second-order valence-corrected chi connectivity index (χ2v) is 1.55. The fraction of sp³-hybridized carbons (Fsp3) is 0.750. The fourth-order valence-corrected chi connectivity index (χ4v) is 0. The van der Waals surface area contributed by atoms with E-state index in [0.717, 1.165) is 0 Å². The number of nitrogens with two attached hydrogens (primary N) is 3. The van der Waals surface area contributed by atoms with Crippen LogP contribution in [0.15, 0.2) is 0 Å². The number of hydrogen-bond donors (Lipinski definition) is 4. The van der Waals surface area contributed by atoms with Crippen LogP contribution in [0.25, 0.3) is 0 Å². The predicted octanol–water partition coefficient (Wildman–Crippen LogP) is -1.08. The lowest BCUT2D eigenvalue weighted by Crippen LogP contribution is -2.25. The second kappa shape index (κ2) is 7.19. The van der Waals surface area contributed by atoms with Crippen molar-refractivity contribution in [2.75, 3.05) is 6.54 Å². The van der Waals surface area contributed by atoms with Crippen LogP contribution >= 0.6 is 0 Å². The van der Waals surface area contributed by atoms with Crippen LogP contribution in [-0.2, 0) is 0 Å². The van der Waals surface area contributed by atoms with Gasteiger partial charge in [-0.25, -0.2) is 4.79 Å². The summed E-state index contributed by atoms with van der Waals surface area (Å²) in [6.07, 6.45) is -1.33. The fourth-order valence-electron chi connectivity index (χ4n) is 0. The summed E-state index contributed by atoms with van der Waals surface area (Å²) in [5, 5.41) is 7.19. The Morgan fingerprint density at radius 1 is 1.78 bits per heavy atom. The summed E-state index contributed by atoms with van der Waals surface area (Å²) in [6.45, 7) is 2.46. The van der Waals surface area contributed by atoms with Gasteiger partial charge in [-0.2, -0.15) is 0 Å². The minimum absolute atomic E-state index is 0.162. The number of rotatable bonds is 1. The van der Waals surface area contributed by atoms with Crippen LogP contribution in [0, 0.1) is 0 Å². The standard InChI is InChI=1S/C3H10N2.CH3NO2/c1-3(5)2-4;2-1(3)4/h3H,2,4-5H2,1H3;2H2,(H,3,4). The number of hydrogen-bond acceptors (Lipinski definition) is 3. The highest BCUT2D eigenvalue weighted by Gasteiger charge is 1.79. The lowest BCUT2D eigenvalue weighted by atomic mass is 10.4. The first-order valence-electron chi connectivity index (χ1n) is 2.44. The van der Waals surface area contributed by atoms with Gasteiger partial charge in [-0.3, -0.25) is 0 Å². The molecule has 56 valence electrons. The molecule has 0 aliphatic carbocycles. The lowest BCUT2D eigenvalue weighted by molar-refractivity contribution is 0.205. The summed E-state index contributed by atoms with van der Waals surface area (Å²) in [6, 6.07) is 0.162. The van der Waals surface area contributed by atoms with Crippen molar-refractivity contribution in [2.45, 2.75) is 13.0 Å². The molecular weight excluding hydrogens is 122 g/mol. The summed E-state index contributed by atoms with van der Waals surface area (Å²) in [4.78, 5) is 8.78. The molecule has 0 aliphatic heterocycles. The molecule has 0 aromatic carbocycles. The van der Waals surface area contributed by atoms with Crippen molar-refractivity contribution in [2.24, 2.45) is 17.2 Å². The van der Waals surface area contributed by atoms with Crippen LogP contribution in [0.3, 0.4) is 0 Å². The quantitative estimate of drug-likeness (QED) is 0.366. The highest BCUT2D eigenvalue weighted by molar-refractivity contribution is 5.61. The molecule has 0 aromatic heterocycles. The first kappa shape index (κ1) is 11.0. The van der Waals surface area contributed by atoms with Crippen LogP contribution in [0.2, 0.25) is 0 Å². The topological polar surface area (TPSA) is 115 Å². The van der Waals surface area contributed by atoms with E-state index in [1.165, 1.54) is 0 Å². The Hall–Kier alpha value is -0.810. The summed E-state index contributed by atoms with van der Waals surface area (Å²) < 4.78 is 0. The van der Waals surface area contributed by atoms with E-state index >= 15 is 0 Å². The second-order valence-electron chi connectivity index (χ2n) is 1.55. The molecule has 9 heavy (non-hydrogen) atoms. The summed E-state index contributed by atoms with van der Waals surface area (Å²) in [7, 11) is 0. The number of primary amides is 1. The summed E-state index contributed by atoms with van der Waals surface area (Å²) >= 11 is 0. The van der Waals surface area contributed by atoms with Crippen molar-refractivity contribution in [3.63, 3.8) is 0 Å². The normalized spacial score (nSPS) is 11.0. The van der Waals surface area contributed by atoms with E-state index in [9.17, 15) is 0 Å². The molecule has 0 rings (SSSR count). The zero-order chi connectivity index (χ0) is 7.86. The first-order valence-corrected chi connectivity index (χ1v) is 2.44. The maximum Gasteiger partial charge on any atom is 0.402 e. The monoisotopic (exact) mass is 135 g/mol. The largest absolute Gasteiger partial charge is 0.465 e. The van der Waals surface area contributed by atoms with E-state index in [0.29, 0.717) is 6.54 Å². The van der Waals surface area contributed by atoms with Crippen LogP contribution in [0.4, 0.5) is 4.79 Å². The van der Waals surface area contributed by atoms with Crippen LogP contribution < -0.4 is 17.2 Å². The van der Waals surface area contributed by atoms with E-state index < -0.39 is 6.09 Å². The molecule has 0 bridgehead atoms. The van der Waals surface area contributed by atoms with Crippen LogP contribution in [-0.4, -0.2) is 23.8 Å². The molecule has 0 saturated carbocycles. The van der Waals surface area contributed by atoms with Gasteiger partial charge in [0.1, 0.15) is 0 Å². The van der Waals surface area contributed by atoms with Crippen molar-refractivity contribution in [3.05, 3.63) is 0 Å². The molecule has 1 atom stereocenters. The number of carboxylic acid groups (broad SMARTS) is 1. The summed E-state index contributed by atoms with van der Waals surface area (Å²) in [5.74, 6) is 0. The maximum atomic E-state index is 8.78. The zero-order valence-corrected chi connectivity index (χ0v) is 5.37. The van der Waals surface area contributed by atoms with E-state index in [2.05, 4.69) is 5.73 Å². The molecule has 0 aliphatic rings. The van der Waals surface area contributed by atoms with E-state index in [1.54, 1.807) is 0 Å². The molecular formula is C4H13N3O2. The Balaban J connectivity index is 0. The Kier molecular flexibility index (Phi) is 8.83. The van der Waals surface area contributed by atoms with Gasteiger partial charge in [0.05, 0.1) is 0 Å². The third-order valence-corrected chi connectivity index (χ3v) is 0.372. The van der Waals surface area contributed by atoms with E-state index in [1.807, 2.05) is 6.92 Å². The molecule has 0 heterocycles. The number of amides is 1. The summed E-state index contributed by atoms with van der Waals surface area (Å²) in [5.41, 5.74) is 14.2. The molecule has 0 aromatic rings. The minimum Gasteiger partial charge on any atom is -0.465 e. The number of carbonyl (C=O) groups is 1. The average Bonchev–Trinajstić information content (AvgIpc) is 1.65. The van der Waals surface area contributed by atoms with Gasteiger partial charge in [-0.1, -0.05) is 0 Å². The van der Waals surface area contributed by atoms with Gasteiger partial charge >= 0.3 is 6.09 Å². The third-order valence-electron chi connectivity index (χ3n) is 0.372. The molecule has 0 saturated heterocycles. The van der Waals surface area contributed by atoms with Gasteiger partial charge in [-0.05, 0) is 6.92 Å². The Morgan fingerprint density at radius 2 is 1.89 bits per heavy atom. The van der Waals surface area contributed by atoms with Crippen molar-refractivity contribution < 1.29 is 9.90 Å². The molecule has 1 unspecified atom stereocenters. The van der Waals surface area contributed by atoms with Gasteiger partial charge in [0.25, 0.3) is 0 Å². The Morgan fingerprint density at radius 3 is 1.89 bits per heavy atom. The molecule has 0 spiro atoms. The van der Waals surface area contributed by atoms with E-state index in [4.69, 9.17) is 21.4 Å². The minimum atomic E-state index is -1.33. The smallest absolute Gasteiger partial charge is 0.402 e. The Bertz CT molecular complexity index is 70.2. The zero-order valence-electron chi connectivity index (χ0n) is 5.37. The van der Waals surface area contributed by atoms with Gasteiger partial charge in [0.2, 0.25) is 0 Å². The predicted molar refractivity (Wildman–Crippen MR) is 34.9 cm³/mol. The van der Waals surface area contributed by atoms with Gasteiger partial charge in [0.15, 0.2) is 0 Å². The SMILES string of the molecule is CC(N)CN.NC(=O)O. The Labute approximate surface area is 53.8 Å². The van der Waals surface area contributed by atoms with Gasteiger partial charge in [0, 0.05) is 12.6 Å². The molecule has 0 radical (unpaired) electrons. The molecule has 7 N–H and O–H groups in total. The third kappa shape index (κ3) is 137.